The van der Waals surface area contributed by atoms with Gasteiger partial charge in [-0.05, 0) is 24.0 Å². The number of benzene rings is 1. The first-order chi connectivity index (χ1) is 7.26. The number of thioether (sulfide) groups is 1. The highest BCUT2D eigenvalue weighted by atomic mass is 32.2. The molecule has 0 radical (unpaired) electrons. The second-order valence-electron chi connectivity index (χ2n) is 3.06. The Labute approximate surface area is 94.2 Å². The highest BCUT2D eigenvalue weighted by Gasteiger charge is 1.99. The molecule has 0 saturated carbocycles. The Kier molecular flexibility index (Phi) is 5.21. The summed E-state index contributed by atoms with van der Waals surface area (Å²) in [6.07, 6.45) is 2.04. The van der Waals surface area contributed by atoms with Crippen LogP contribution in [0.3, 0.4) is 0 Å². The highest BCUT2D eigenvalue weighted by molar-refractivity contribution is 7.98. The maximum atomic E-state index is 11.1. The lowest BCUT2D eigenvalue weighted by molar-refractivity contribution is -0.124. The van der Waals surface area contributed by atoms with Gasteiger partial charge in [0.05, 0.1) is 0 Å². The number of nitrogens with one attached hydrogen (secondary N) is 1. The van der Waals surface area contributed by atoms with Crippen molar-refractivity contribution < 1.29 is 9.53 Å². The van der Waals surface area contributed by atoms with E-state index in [1.54, 1.807) is 11.8 Å². The minimum Gasteiger partial charge on any atom is -0.375 e. The van der Waals surface area contributed by atoms with Gasteiger partial charge in [-0.1, -0.05) is 12.1 Å². The SMILES string of the molecule is COCC(=O)NCc1ccc(SC)cc1. The second kappa shape index (κ2) is 6.48. The predicted octanol–water partition coefficient (Wildman–Crippen LogP) is 1.67. The van der Waals surface area contributed by atoms with Gasteiger partial charge >= 0.3 is 0 Å². The largest absolute Gasteiger partial charge is 0.375 e. The van der Waals surface area contributed by atoms with Gasteiger partial charge in [0, 0.05) is 18.6 Å². The first-order valence-electron chi connectivity index (χ1n) is 4.65. The molecular formula is C11H15NO2S. The maximum Gasteiger partial charge on any atom is 0.246 e. The van der Waals surface area contributed by atoms with Gasteiger partial charge in [0.1, 0.15) is 6.61 Å². The molecule has 0 aliphatic carbocycles. The van der Waals surface area contributed by atoms with Crippen LogP contribution in [0, 0.1) is 0 Å². The van der Waals surface area contributed by atoms with E-state index in [4.69, 9.17) is 4.74 Å². The molecule has 15 heavy (non-hydrogen) atoms. The van der Waals surface area contributed by atoms with E-state index in [1.165, 1.54) is 12.0 Å². The molecule has 0 bridgehead atoms. The third-order valence-electron chi connectivity index (χ3n) is 1.92. The van der Waals surface area contributed by atoms with Crippen molar-refractivity contribution in [3.63, 3.8) is 0 Å². The molecule has 0 spiro atoms. The van der Waals surface area contributed by atoms with E-state index >= 15 is 0 Å². The summed E-state index contributed by atoms with van der Waals surface area (Å²) in [5.74, 6) is -0.0913. The summed E-state index contributed by atoms with van der Waals surface area (Å²) in [5.41, 5.74) is 1.09. The van der Waals surface area contributed by atoms with Crippen molar-refractivity contribution in [3.8, 4) is 0 Å². The van der Waals surface area contributed by atoms with Crippen molar-refractivity contribution in [2.24, 2.45) is 0 Å². The number of carbonyl (C=O) groups excluding carboxylic acids is 1. The Morgan fingerprint density at radius 1 is 1.40 bits per heavy atom. The molecule has 1 N–H and O–H groups in total. The Morgan fingerprint density at radius 2 is 2.07 bits per heavy atom. The smallest absolute Gasteiger partial charge is 0.246 e. The fourth-order valence-electron chi connectivity index (χ4n) is 1.13. The van der Waals surface area contributed by atoms with E-state index in [2.05, 4.69) is 5.32 Å². The lowest BCUT2D eigenvalue weighted by Crippen LogP contribution is -2.26. The van der Waals surface area contributed by atoms with Crippen LogP contribution < -0.4 is 5.32 Å². The van der Waals surface area contributed by atoms with Crippen LogP contribution in [-0.2, 0) is 16.1 Å². The van der Waals surface area contributed by atoms with Crippen molar-refractivity contribution >= 4 is 17.7 Å². The van der Waals surface area contributed by atoms with Gasteiger partial charge in [-0.15, -0.1) is 11.8 Å². The molecule has 1 amide bonds. The van der Waals surface area contributed by atoms with E-state index < -0.39 is 0 Å². The molecule has 1 aromatic carbocycles. The second-order valence-corrected chi connectivity index (χ2v) is 3.94. The van der Waals surface area contributed by atoms with E-state index in [1.807, 2.05) is 30.5 Å². The number of hydrogen-bond acceptors (Lipinski definition) is 3. The molecule has 82 valence electrons. The van der Waals surface area contributed by atoms with E-state index in [9.17, 15) is 4.79 Å². The van der Waals surface area contributed by atoms with Crippen molar-refractivity contribution in [2.45, 2.75) is 11.4 Å². The number of methoxy groups -OCH3 is 1. The van der Waals surface area contributed by atoms with E-state index in [0.29, 0.717) is 6.54 Å². The fraction of sp³-hybridized carbons (Fsp3) is 0.364. The topological polar surface area (TPSA) is 38.3 Å². The van der Waals surface area contributed by atoms with Crippen LogP contribution in [0.4, 0.5) is 0 Å². The van der Waals surface area contributed by atoms with Crippen LogP contribution in [0.5, 0.6) is 0 Å². The molecule has 0 saturated heterocycles. The van der Waals surface area contributed by atoms with Crippen molar-refractivity contribution in [2.75, 3.05) is 20.0 Å². The summed E-state index contributed by atoms with van der Waals surface area (Å²) >= 11 is 1.70. The lowest BCUT2D eigenvalue weighted by atomic mass is 10.2. The summed E-state index contributed by atoms with van der Waals surface area (Å²) in [6, 6.07) is 8.11. The van der Waals surface area contributed by atoms with Crippen molar-refractivity contribution in [1.29, 1.82) is 0 Å². The van der Waals surface area contributed by atoms with E-state index in [0.717, 1.165) is 5.56 Å². The Hall–Kier alpha value is -1.00. The highest BCUT2D eigenvalue weighted by Crippen LogP contribution is 2.14. The maximum absolute atomic E-state index is 11.1. The quantitative estimate of drug-likeness (QED) is 0.775. The van der Waals surface area contributed by atoms with Crippen LogP contribution in [0.1, 0.15) is 5.56 Å². The van der Waals surface area contributed by atoms with Crippen LogP contribution in [0.15, 0.2) is 29.2 Å². The summed E-state index contributed by atoms with van der Waals surface area (Å²) in [5, 5.41) is 2.77. The molecule has 0 atom stereocenters. The Bertz CT molecular complexity index is 311. The fourth-order valence-corrected chi connectivity index (χ4v) is 1.53. The molecule has 0 aromatic heterocycles. The zero-order valence-corrected chi connectivity index (χ0v) is 9.76. The number of ether oxygens (including phenoxy) is 1. The van der Waals surface area contributed by atoms with Crippen molar-refractivity contribution in [1.82, 2.24) is 5.32 Å². The number of hydrogen-bond donors (Lipinski definition) is 1. The van der Waals surface area contributed by atoms with Gasteiger partial charge in [-0.25, -0.2) is 0 Å². The van der Waals surface area contributed by atoms with Gasteiger partial charge in [-0.2, -0.15) is 0 Å². The third kappa shape index (κ3) is 4.36. The van der Waals surface area contributed by atoms with Crippen LogP contribution in [0.2, 0.25) is 0 Å². The molecule has 0 unspecified atom stereocenters. The standard InChI is InChI=1S/C11H15NO2S/c1-14-8-11(13)12-7-9-3-5-10(15-2)6-4-9/h3-6H,7-8H2,1-2H3,(H,12,13). The molecule has 3 nitrogen and oxygen atoms in total. The molecular weight excluding hydrogens is 210 g/mol. The lowest BCUT2D eigenvalue weighted by Gasteiger charge is -2.05. The van der Waals surface area contributed by atoms with Crippen LogP contribution in [0.25, 0.3) is 0 Å². The summed E-state index contributed by atoms with van der Waals surface area (Å²) in [6.45, 7) is 0.666. The number of rotatable bonds is 5. The Morgan fingerprint density at radius 3 is 2.60 bits per heavy atom. The molecule has 0 aliphatic rings. The monoisotopic (exact) mass is 225 g/mol. The molecule has 1 rings (SSSR count). The van der Waals surface area contributed by atoms with Gasteiger partial charge in [-0.3, -0.25) is 4.79 Å². The molecule has 0 fully saturated rings. The number of carbonyl (C=O) groups is 1. The van der Waals surface area contributed by atoms with Gasteiger partial charge in [0.25, 0.3) is 0 Å². The first-order valence-corrected chi connectivity index (χ1v) is 5.87. The molecule has 4 heteroatoms. The summed E-state index contributed by atoms with van der Waals surface area (Å²) < 4.78 is 4.71. The first kappa shape index (κ1) is 12.1. The summed E-state index contributed by atoms with van der Waals surface area (Å²) in [7, 11) is 1.51. The molecule has 0 aliphatic heterocycles. The Balaban J connectivity index is 2.40. The zero-order valence-electron chi connectivity index (χ0n) is 8.95. The van der Waals surface area contributed by atoms with Gasteiger partial charge in [0.15, 0.2) is 0 Å². The minimum atomic E-state index is -0.0913. The van der Waals surface area contributed by atoms with Crippen LogP contribution >= 0.6 is 11.8 Å². The van der Waals surface area contributed by atoms with Crippen molar-refractivity contribution in [3.05, 3.63) is 29.8 Å². The third-order valence-corrected chi connectivity index (χ3v) is 2.67. The summed E-state index contributed by atoms with van der Waals surface area (Å²) in [4.78, 5) is 12.3. The average Bonchev–Trinajstić information content (AvgIpc) is 2.27. The van der Waals surface area contributed by atoms with Gasteiger partial charge in [0.2, 0.25) is 5.91 Å². The zero-order chi connectivity index (χ0) is 11.1. The average molecular weight is 225 g/mol. The minimum absolute atomic E-state index is 0.0913. The molecule has 0 heterocycles. The molecule has 1 aromatic rings. The van der Waals surface area contributed by atoms with Gasteiger partial charge < -0.3 is 10.1 Å². The normalized spacial score (nSPS) is 10.0. The van der Waals surface area contributed by atoms with E-state index in [-0.39, 0.29) is 12.5 Å². The van der Waals surface area contributed by atoms with Crippen LogP contribution in [-0.4, -0.2) is 25.9 Å². The predicted molar refractivity (Wildman–Crippen MR) is 61.9 cm³/mol. The number of amides is 1.